The molecular weight excluding hydrogens is 340 g/mol. The van der Waals surface area contributed by atoms with Crippen molar-refractivity contribution in [1.29, 1.82) is 0 Å². The average Bonchev–Trinajstić information content (AvgIpc) is 3.32. The molecule has 0 bridgehead atoms. The van der Waals surface area contributed by atoms with Crippen LogP contribution in [0.2, 0.25) is 0 Å². The van der Waals surface area contributed by atoms with E-state index in [2.05, 4.69) is 20.7 Å². The lowest BCUT2D eigenvalue weighted by molar-refractivity contribution is 0.0899. The molecule has 3 aromatic rings. The summed E-state index contributed by atoms with van der Waals surface area (Å²) < 4.78 is 3.67. The number of benzene rings is 1. The summed E-state index contributed by atoms with van der Waals surface area (Å²) in [6.07, 6.45) is 7.97. The average molecular weight is 364 g/mol. The molecule has 2 aromatic heterocycles. The second kappa shape index (κ2) is 7.34. The van der Waals surface area contributed by atoms with Gasteiger partial charge in [-0.05, 0) is 50.5 Å². The van der Waals surface area contributed by atoms with Gasteiger partial charge >= 0.3 is 0 Å². The monoisotopic (exact) mass is 364 g/mol. The predicted octanol–water partition coefficient (Wildman–Crippen LogP) is 2.99. The molecule has 7 nitrogen and oxygen atoms in total. The summed E-state index contributed by atoms with van der Waals surface area (Å²) in [7, 11) is 0. The largest absolute Gasteiger partial charge is 0.346 e. The summed E-state index contributed by atoms with van der Waals surface area (Å²) >= 11 is 0. The van der Waals surface area contributed by atoms with E-state index in [9.17, 15) is 4.79 Å². The Morgan fingerprint density at radius 3 is 2.81 bits per heavy atom. The van der Waals surface area contributed by atoms with E-state index in [0.29, 0.717) is 5.69 Å². The zero-order chi connectivity index (χ0) is 18.8. The summed E-state index contributed by atoms with van der Waals surface area (Å²) in [5, 5.41) is 15.9. The van der Waals surface area contributed by atoms with Gasteiger partial charge in [0.2, 0.25) is 0 Å². The van der Waals surface area contributed by atoms with Gasteiger partial charge in [0, 0.05) is 12.4 Å². The van der Waals surface area contributed by atoms with Crippen molar-refractivity contribution >= 4 is 5.91 Å². The number of nitrogens with zero attached hydrogens (tertiary/aromatic N) is 5. The van der Waals surface area contributed by atoms with Crippen LogP contribution in [0.4, 0.5) is 0 Å². The van der Waals surface area contributed by atoms with Crippen LogP contribution in [0, 0.1) is 13.8 Å². The Morgan fingerprint density at radius 1 is 1.19 bits per heavy atom. The number of rotatable bonds is 4. The van der Waals surface area contributed by atoms with E-state index >= 15 is 0 Å². The molecule has 1 N–H and O–H groups in total. The topological polar surface area (TPSA) is 77.6 Å². The highest BCUT2D eigenvalue weighted by Crippen LogP contribution is 2.28. The second-order valence-electron chi connectivity index (χ2n) is 7.19. The normalized spacial score (nSPS) is 19.8. The highest BCUT2D eigenvalue weighted by Gasteiger charge is 2.30. The van der Waals surface area contributed by atoms with Gasteiger partial charge in [-0.25, -0.2) is 4.68 Å². The summed E-state index contributed by atoms with van der Waals surface area (Å²) in [5.41, 5.74) is 3.16. The first-order chi connectivity index (χ1) is 13.1. The Labute approximate surface area is 158 Å². The Hall–Kier alpha value is -2.96. The van der Waals surface area contributed by atoms with Crippen LogP contribution >= 0.6 is 0 Å². The molecule has 7 heteroatoms. The smallest absolute Gasteiger partial charge is 0.274 e. The predicted molar refractivity (Wildman–Crippen MR) is 102 cm³/mol. The first-order valence-corrected chi connectivity index (χ1v) is 9.43. The number of carbonyl (C=O) groups is 1. The molecule has 1 fully saturated rings. The minimum Gasteiger partial charge on any atom is -0.346 e. The van der Waals surface area contributed by atoms with E-state index in [1.165, 1.54) is 0 Å². The van der Waals surface area contributed by atoms with Gasteiger partial charge in [0.15, 0.2) is 5.69 Å². The molecule has 1 aliphatic rings. The molecule has 1 amide bonds. The molecule has 1 aliphatic carbocycles. The van der Waals surface area contributed by atoms with Gasteiger partial charge in [-0.2, -0.15) is 5.10 Å². The van der Waals surface area contributed by atoms with Crippen LogP contribution in [0.3, 0.4) is 0 Å². The zero-order valence-electron chi connectivity index (χ0n) is 15.7. The molecule has 140 valence electrons. The van der Waals surface area contributed by atoms with Crippen molar-refractivity contribution < 1.29 is 4.79 Å². The highest BCUT2D eigenvalue weighted by molar-refractivity contribution is 5.93. The lowest BCUT2D eigenvalue weighted by Gasteiger charge is -2.32. The maximum Gasteiger partial charge on any atom is 0.274 e. The van der Waals surface area contributed by atoms with Gasteiger partial charge in [0.1, 0.15) is 0 Å². The molecule has 0 aliphatic heterocycles. The van der Waals surface area contributed by atoms with Gasteiger partial charge < -0.3 is 5.32 Å². The number of hydrogen-bond acceptors (Lipinski definition) is 4. The van der Waals surface area contributed by atoms with E-state index in [4.69, 9.17) is 0 Å². The van der Waals surface area contributed by atoms with E-state index in [0.717, 1.165) is 42.6 Å². The first-order valence-electron chi connectivity index (χ1n) is 9.43. The number of aryl methyl sites for hydroxylation is 1. The highest BCUT2D eigenvalue weighted by atomic mass is 16.2. The van der Waals surface area contributed by atoms with E-state index in [1.54, 1.807) is 10.9 Å². The zero-order valence-corrected chi connectivity index (χ0v) is 15.7. The molecule has 0 saturated heterocycles. The summed E-state index contributed by atoms with van der Waals surface area (Å²) in [6, 6.07) is 10.2. The maximum absolute atomic E-state index is 12.9. The Balaban J connectivity index is 1.55. The van der Waals surface area contributed by atoms with Crippen LogP contribution in [0.5, 0.6) is 0 Å². The van der Waals surface area contributed by atoms with Crippen LogP contribution in [0.1, 0.15) is 53.5 Å². The van der Waals surface area contributed by atoms with Crippen molar-refractivity contribution in [2.75, 3.05) is 0 Å². The lowest BCUT2D eigenvalue weighted by Crippen LogP contribution is -2.43. The fourth-order valence-corrected chi connectivity index (χ4v) is 3.85. The molecule has 1 aromatic carbocycles. The quantitative estimate of drug-likeness (QED) is 0.772. The third-order valence-corrected chi connectivity index (χ3v) is 5.27. The summed E-state index contributed by atoms with van der Waals surface area (Å²) in [4.78, 5) is 12.9. The van der Waals surface area contributed by atoms with Crippen molar-refractivity contribution in [3.8, 4) is 5.69 Å². The molecule has 27 heavy (non-hydrogen) atoms. The molecule has 0 spiro atoms. The lowest BCUT2D eigenvalue weighted by atomic mass is 9.90. The Kier molecular flexibility index (Phi) is 4.75. The second-order valence-corrected chi connectivity index (χ2v) is 7.19. The van der Waals surface area contributed by atoms with Crippen LogP contribution < -0.4 is 5.32 Å². The minimum atomic E-state index is -0.171. The molecule has 0 unspecified atom stereocenters. The first kappa shape index (κ1) is 17.5. The van der Waals surface area contributed by atoms with Crippen LogP contribution in [-0.2, 0) is 0 Å². The van der Waals surface area contributed by atoms with E-state index < -0.39 is 0 Å². The third kappa shape index (κ3) is 3.49. The van der Waals surface area contributed by atoms with Gasteiger partial charge in [-0.3, -0.25) is 9.48 Å². The molecule has 4 rings (SSSR count). The molecule has 2 atom stereocenters. The molecule has 1 saturated carbocycles. The van der Waals surface area contributed by atoms with Crippen molar-refractivity contribution in [3.05, 3.63) is 59.7 Å². The van der Waals surface area contributed by atoms with E-state index in [1.807, 2.05) is 55.1 Å². The van der Waals surface area contributed by atoms with E-state index in [-0.39, 0.29) is 18.0 Å². The van der Waals surface area contributed by atoms with Gasteiger partial charge in [-0.15, -0.1) is 5.10 Å². The Morgan fingerprint density at radius 2 is 2.04 bits per heavy atom. The summed E-state index contributed by atoms with van der Waals surface area (Å²) in [5.74, 6) is -0.171. The number of amides is 1. The van der Waals surface area contributed by atoms with Crippen LogP contribution in [-0.4, -0.2) is 36.7 Å². The standard InChI is InChI=1S/C20H24N6O/c1-14-7-5-8-16(13-14)26-15(2)19(23-24-26)20(27)22-17-9-3-4-10-18(17)25-12-6-11-21-25/h5-8,11-13,17-18H,3-4,9-10H2,1-2H3,(H,22,27)/t17-,18-/m1/s1. The van der Waals surface area contributed by atoms with Gasteiger partial charge in [-0.1, -0.05) is 30.2 Å². The van der Waals surface area contributed by atoms with Crippen molar-refractivity contribution in [3.63, 3.8) is 0 Å². The SMILES string of the molecule is Cc1cccc(-n2nnc(C(=O)N[C@@H]3CCCC[C@H]3n3cccn3)c2C)c1. The third-order valence-electron chi connectivity index (χ3n) is 5.27. The van der Waals surface area contributed by atoms with Gasteiger partial charge in [0.05, 0.1) is 23.5 Å². The number of hydrogen-bond donors (Lipinski definition) is 1. The van der Waals surface area contributed by atoms with Gasteiger partial charge in [0.25, 0.3) is 5.91 Å². The van der Waals surface area contributed by atoms with Crippen molar-refractivity contribution in [2.24, 2.45) is 0 Å². The summed E-state index contributed by atoms with van der Waals surface area (Å²) in [6.45, 7) is 3.91. The molecular formula is C20H24N6O. The van der Waals surface area contributed by atoms with Crippen molar-refractivity contribution in [1.82, 2.24) is 30.1 Å². The van der Waals surface area contributed by atoms with Crippen molar-refractivity contribution in [2.45, 2.75) is 51.6 Å². The van der Waals surface area contributed by atoms with Crippen LogP contribution in [0.15, 0.2) is 42.7 Å². The molecule has 0 radical (unpaired) electrons. The maximum atomic E-state index is 12.9. The Bertz CT molecular complexity index is 930. The minimum absolute atomic E-state index is 0.0506. The number of carbonyl (C=O) groups excluding carboxylic acids is 1. The van der Waals surface area contributed by atoms with Crippen LogP contribution in [0.25, 0.3) is 5.69 Å². The number of aromatic nitrogens is 5. The fraction of sp³-hybridized carbons (Fsp3) is 0.400. The molecule has 2 heterocycles. The fourth-order valence-electron chi connectivity index (χ4n) is 3.85. The number of nitrogens with one attached hydrogen (secondary N) is 1.